The first-order valence-electron chi connectivity index (χ1n) is 7.71. The zero-order valence-corrected chi connectivity index (χ0v) is 12.8. The number of benzene rings is 1. The average Bonchev–Trinajstić information content (AvgIpc) is 2.44. The van der Waals surface area contributed by atoms with Crippen LogP contribution in [0.5, 0.6) is 0 Å². The van der Waals surface area contributed by atoms with Crippen molar-refractivity contribution in [2.24, 2.45) is 11.3 Å². The molecule has 0 aliphatic heterocycles. The van der Waals surface area contributed by atoms with E-state index in [1.807, 2.05) is 17.9 Å². The Morgan fingerprint density at radius 3 is 2.86 bits per heavy atom. The van der Waals surface area contributed by atoms with E-state index < -0.39 is 11.4 Å². The predicted molar refractivity (Wildman–Crippen MR) is 82.0 cm³/mol. The summed E-state index contributed by atoms with van der Waals surface area (Å²) in [6, 6.07) is 6.40. The number of carboxylic acid groups (broad SMARTS) is 1. The van der Waals surface area contributed by atoms with Crippen LogP contribution in [0.15, 0.2) is 24.3 Å². The molecule has 2 rings (SSSR count). The van der Waals surface area contributed by atoms with E-state index in [-0.39, 0.29) is 5.82 Å². The summed E-state index contributed by atoms with van der Waals surface area (Å²) in [7, 11) is 0. The van der Waals surface area contributed by atoms with Crippen molar-refractivity contribution in [3.05, 3.63) is 30.1 Å². The monoisotopic (exact) mass is 293 g/mol. The second kappa shape index (κ2) is 6.46. The molecule has 2 atom stereocenters. The first kappa shape index (κ1) is 15.8. The summed E-state index contributed by atoms with van der Waals surface area (Å²) in [6.45, 7) is 5.22. The van der Waals surface area contributed by atoms with Crippen LogP contribution in [0.2, 0.25) is 0 Å². The molecule has 0 radical (unpaired) electrons. The maximum absolute atomic E-state index is 13.4. The van der Waals surface area contributed by atoms with Gasteiger partial charge in [0.1, 0.15) is 5.82 Å². The molecule has 0 saturated heterocycles. The molecule has 1 aliphatic carbocycles. The summed E-state index contributed by atoms with van der Waals surface area (Å²) in [5.74, 6) is -0.572. The SMILES string of the molecule is CCN(CC1(C(=O)O)CCCC(C)C1)c1cccc(F)c1. The van der Waals surface area contributed by atoms with Crippen LogP contribution in [0.25, 0.3) is 0 Å². The summed E-state index contributed by atoms with van der Waals surface area (Å²) < 4.78 is 13.4. The largest absolute Gasteiger partial charge is 0.481 e. The minimum absolute atomic E-state index is 0.285. The first-order chi connectivity index (χ1) is 9.97. The molecule has 1 N–H and O–H groups in total. The molecule has 2 unspecified atom stereocenters. The molecule has 0 aromatic heterocycles. The fourth-order valence-electron chi connectivity index (χ4n) is 3.49. The molecular weight excluding hydrogens is 269 g/mol. The Kier molecular flexibility index (Phi) is 4.86. The summed E-state index contributed by atoms with van der Waals surface area (Å²) in [5.41, 5.74) is 0.0522. The Hall–Kier alpha value is -1.58. The number of aliphatic carboxylic acids is 1. The molecule has 4 heteroatoms. The van der Waals surface area contributed by atoms with Gasteiger partial charge in [-0.1, -0.05) is 25.8 Å². The lowest BCUT2D eigenvalue weighted by Crippen LogP contribution is -2.46. The number of nitrogens with zero attached hydrogens (tertiary/aromatic N) is 1. The smallest absolute Gasteiger partial charge is 0.311 e. The van der Waals surface area contributed by atoms with Crippen LogP contribution < -0.4 is 4.90 Å². The molecule has 1 fully saturated rings. The maximum Gasteiger partial charge on any atom is 0.311 e. The standard InChI is InChI=1S/C17H24FNO2/c1-3-19(15-8-4-7-14(18)10-15)12-17(16(20)21)9-5-6-13(2)11-17/h4,7-8,10,13H,3,5-6,9,11-12H2,1-2H3,(H,20,21). The second-order valence-corrected chi connectivity index (χ2v) is 6.28. The van der Waals surface area contributed by atoms with Crippen LogP contribution >= 0.6 is 0 Å². The van der Waals surface area contributed by atoms with E-state index >= 15 is 0 Å². The Morgan fingerprint density at radius 1 is 1.52 bits per heavy atom. The number of hydrogen-bond acceptors (Lipinski definition) is 2. The molecule has 1 aromatic carbocycles. The topological polar surface area (TPSA) is 40.5 Å². The van der Waals surface area contributed by atoms with Crippen LogP contribution in [-0.2, 0) is 4.79 Å². The van der Waals surface area contributed by atoms with Crippen LogP contribution in [-0.4, -0.2) is 24.2 Å². The van der Waals surface area contributed by atoms with Gasteiger partial charge in [0, 0.05) is 18.8 Å². The van der Waals surface area contributed by atoms with Crippen molar-refractivity contribution >= 4 is 11.7 Å². The highest BCUT2D eigenvalue weighted by molar-refractivity contribution is 5.76. The predicted octanol–water partition coefficient (Wildman–Crippen LogP) is 3.93. The second-order valence-electron chi connectivity index (χ2n) is 6.28. The zero-order chi connectivity index (χ0) is 15.5. The van der Waals surface area contributed by atoms with Gasteiger partial charge in [0.25, 0.3) is 0 Å². The van der Waals surface area contributed by atoms with Crippen molar-refractivity contribution in [2.75, 3.05) is 18.0 Å². The number of carbonyl (C=O) groups is 1. The fraction of sp³-hybridized carbons (Fsp3) is 0.588. The van der Waals surface area contributed by atoms with E-state index in [4.69, 9.17) is 0 Å². The molecule has 1 aromatic rings. The quantitative estimate of drug-likeness (QED) is 0.894. The van der Waals surface area contributed by atoms with Gasteiger partial charge in [-0.05, 0) is 43.9 Å². The maximum atomic E-state index is 13.4. The normalized spacial score (nSPS) is 25.6. The lowest BCUT2D eigenvalue weighted by atomic mass is 9.69. The third kappa shape index (κ3) is 3.55. The molecule has 3 nitrogen and oxygen atoms in total. The summed E-state index contributed by atoms with van der Waals surface area (Å²) in [6.07, 6.45) is 3.46. The minimum Gasteiger partial charge on any atom is -0.481 e. The van der Waals surface area contributed by atoms with Gasteiger partial charge < -0.3 is 10.0 Å². The third-order valence-electron chi connectivity index (χ3n) is 4.59. The van der Waals surface area contributed by atoms with E-state index in [9.17, 15) is 14.3 Å². The van der Waals surface area contributed by atoms with Crippen molar-refractivity contribution in [1.29, 1.82) is 0 Å². The lowest BCUT2D eigenvalue weighted by Gasteiger charge is -2.40. The molecule has 1 saturated carbocycles. The fourth-order valence-corrected chi connectivity index (χ4v) is 3.49. The van der Waals surface area contributed by atoms with Crippen molar-refractivity contribution in [2.45, 2.75) is 39.5 Å². The molecule has 0 spiro atoms. The Balaban J connectivity index is 2.24. The molecule has 0 amide bonds. The van der Waals surface area contributed by atoms with E-state index in [1.54, 1.807) is 6.07 Å². The molecule has 0 bridgehead atoms. The Labute approximate surface area is 125 Å². The highest BCUT2D eigenvalue weighted by Crippen LogP contribution is 2.41. The molecule has 1 aliphatic rings. The Bertz CT molecular complexity index is 505. The van der Waals surface area contributed by atoms with Gasteiger partial charge in [-0.2, -0.15) is 0 Å². The summed E-state index contributed by atoms with van der Waals surface area (Å²) in [4.78, 5) is 13.9. The van der Waals surface area contributed by atoms with Crippen molar-refractivity contribution in [3.8, 4) is 0 Å². The first-order valence-corrected chi connectivity index (χ1v) is 7.71. The van der Waals surface area contributed by atoms with Crippen LogP contribution in [0.3, 0.4) is 0 Å². The van der Waals surface area contributed by atoms with Gasteiger partial charge in [0.2, 0.25) is 0 Å². The van der Waals surface area contributed by atoms with Crippen LogP contribution in [0, 0.1) is 17.2 Å². The van der Waals surface area contributed by atoms with Gasteiger partial charge in [0.15, 0.2) is 0 Å². The van der Waals surface area contributed by atoms with Gasteiger partial charge in [-0.3, -0.25) is 4.79 Å². The molecule has 21 heavy (non-hydrogen) atoms. The van der Waals surface area contributed by atoms with E-state index in [0.29, 0.717) is 31.8 Å². The Morgan fingerprint density at radius 2 is 2.29 bits per heavy atom. The van der Waals surface area contributed by atoms with Crippen LogP contribution in [0.1, 0.15) is 39.5 Å². The van der Waals surface area contributed by atoms with Crippen molar-refractivity contribution in [1.82, 2.24) is 0 Å². The van der Waals surface area contributed by atoms with Crippen molar-refractivity contribution in [3.63, 3.8) is 0 Å². The number of halogens is 1. The summed E-state index contributed by atoms with van der Waals surface area (Å²) in [5, 5.41) is 9.75. The number of hydrogen-bond donors (Lipinski definition) is 1. The zero-order valence-electron chi connectivity index (χ0n) is 12.8. The number of anilines is 1. The molecule has 116 valence electrons. The van der Waals surface area contributed by atoms with E-state index in [2.05, 4.69) is 6.92 Å². The van der Waals surface area contributed by atoms with Gasteiger partial charge >= 0.3 is 5.97 Å². The number of carboxylic acids is 1. The highest BCUT2D eigenvalue weighted by atomic mass is 19.1. The number of rotatable bonds is 5. The molecule has 0 heterocycles. The van der Waals surface area contributed by atoms with E-state index in [0.717, 1.165) is 18.5 Å². The van der Waals surface area contributed by atoms with E-state index in [1.165, 1.54) is 12.1 Å². The lowest BCUT2D eigenvalue weighted by molar-refractivity contribution is -0.151. The minimum atomic E-state index is -0.719. The third-order valence-corrected chi connectivity index (χ3v) is 4.59. The van der Waals surface area contributed by atoms with Gasteiger partial charge in [-0.15, -0.1) is 0 Å². The summed E-state index contributed by atoms with van der Waals surface area (Å²) >= 11 is 0. The van der Waals surface area contributed by atoms with Crippen LogP contribution in [0.4, 0.5) is 10.1 Å². The average molecular weight is 293 g/mol. The molecular formula is C17H24FNO2. The highest BCUT2D eigenvalue weighted by Gasteiger charge is 2.43. The van der Waals surface area contributed by atoms with Crippen molar-refractivity contribution < 1.29 is 14.3 Å². The van der Waals surface area contributed by atoms with Gasteiger partial charge in [-0.25, -0.2) is 4.39 Å². The van der Waals surface area contributed by atoms with Gasteiger partial charge in [0.05, 0.1) is 5.41 Å².